The molecular weight excluding hydrogens is 240 g/mol. The molecule has 2 aliphatic carbocycles. The van der Waals surface area contributed by atoms with E-state index in [4.69, 9.17) is 0 Å². The van der Waals surface area contributed by atoms with Crippen molar-refractivity contribution in [2.75, 3.05) is 12.4 Å². The molecule has 2 unspecified atom stereocenters. The van der Waals surface area contributed by atoms with Crippen LogP contribution in [0.5, 0.6) is 0 Å². The monoisotopic (exact) mass is 258 g/mol. The summed E-state index contributed by atoms with van der Waals surface area (Å²) in [5.74, 6) is 1.81. The predicted molar refractivity (Wildman–Crippen MR) is 72.8 cm³/mol. The second-order valence-electron chi connectivity index (χ2n) is 5.57. The van der Waals surface area contributed by atoms with Gasteiger partial charge in [0.15, 0.2) is 0 Å². The smallest absolute Gasteiger partial charge is 0.251 e. The average Bonchev–Trinajstić information content (AvgIpc) is 3.05. The molecule has 0 bridgehead atoms. The Morgan fingerprint density at radius 2 is 1.68 bits per heavy atom. The maximum atomic E-state index is 12.1. The molecule has 19 heavy (non-hydrogen) atoms. The van der Waals surface area contributed by atoms with Crippen LogP contribution in [0.15, 0.2) is 24.3 Å². The van der Waals surface area contributed by atoms with Crippen LogP contribution in [0, 0.1) is 17.8 Å². The Hall–Kier alpha value is -1.84. The Balaban J connectivity index is 1.60. The maximum Gasteiger partial charge on any atom is 0.251 e. The van der Waals surface area contributed by atoms with Crippen LogP contribution in [0.2, 0.25) is 0 Å². The Morgan fingerprint density at radius 1 is 1.05 bits per heavy atom. The minimum absolute atomic E-state index is 0.117. The molecule has 2 aliphatic rings. The van der Waals surface area contributed by atoms with Gasteiger partial charge in [-0.25, -0.2) is 0 Å². The molecule has 0 aromatic heterocycles. The van der Waals surface area contributed by atoms with E-state index in [0.29, 0.717) is 5.56 Å². The van der Waals surface area contributed by atoms with Crippen molar-refractivity contribution in [2.24, 2.45) is 17.8 Å². The van der Waals surface area contributed by atoms with Crippen LogP contribution in [0.4, 0.5) is 5.69 Å². The minimum atomic E-state index is -0.117. The third-order valence-corrected chi connectivity index (χ3v) is 4.26. The summed E-state index contributed by atoms with van der Waals surface area (Å²) in [4.78, 5) is 23.5. The number of amides is 2. The van der Waals surface area contributed by atoms with E-state index < -0.39 is 0 Å². The molecule has 0 aliphatic heterocycles. The molecule has 2 fully saturated rings. The fourth-order valence-electron chi connectivity index (χ4n) is 3.02. The van der Waals surface area contributed by atoms with E-state index >= 15 is 0 Å². The van der Waals surface area contributed by atoms with Gasteiger partial charge in [0.1, 0.15) is 0 Å². The predicted octanol–water partition coefficient (Wildman–Crippen LogP) is 2.03. The highest BCUT2D eigenvalue weighted by Crippen LogP contribution is 2.54. The third kappa shape index (κ3) is 2.48. The SMILES string of the molecule is CNC(=O)c1ccc(NC(=O)C2CC3CC3C2)cc1. The van der Waals surface area contributed by atoms with Gasteiger partial charge in [0.25, 0.3) is 5.91 Å². The van der Waals surface area contributed by atoms with E-state index in [1.807, 2.05) is 0 Å². The quantitative estimate of drug-likeness (QED) is 0.871. The fraction of sp³-hybridized carbons (Fsp3) is 0.467. The number of hydrogen-bond donors (Lipinski definition) is 2. The summed E-state index contributed by atoms with van der Waals surface area (Å²) in [6, 6.07) is 7.00. The van der Waals surface area contributed by atoms with E-state index in [1.165, 1.54) is 6.42 Å². The zero-order valence-electron chi connectivity index (χ0n) is 11.0. The van der Waals surface area contributed by atoms with Crippen molar-refractivity contribution in [1.82, 2.24) is 5.32 Å². The molecule has 100 valence electrons. The second-order valence-corrected chi connectivity index (χ2v) is 5.57. The molecule has 0 spiro atoms. The molecule has 1 aromatic carbocycles. The maximum absolute atomic E-state index is 12.1. The number of rotatable bonds is 3. The number of carbonyl (C=O) groups is 2. The molecule has 1 aromatic rings. The van der Waals surface area contributed by atoms with Gasteiger partial charge < -0.3 is 10.6 Å². The first-order valence-corrected chi connectivity index (χ1v) is 6.80. The van der Waals surface area contributed by atoms with Crippen LogP contribution >= 0.6 is 0 Å². The molecule has 3 rings (SSSR count). The van der Waals surface area contributed by atoms with Crippen molar-refractivity contribution in [1.29, 1.82) is 0 Å². The van der Waals surface area contributed by atoms with Crippen LogP contribution in [0.25, 0.3) is 0 Å². The largest absolute Gasteiger partial charge is 0.355 e. The molecular formula is C15H18N2O2. The number of fused-ring (bicyclic) bond motifs is 1. The van der Waals surface area contributed by atoms with E-state index in [0.717, 1.165) is 30.4 Å². The molecule has 2 amide bonds. The normalized spacial score (nSPS) is 27.5. The van der Waals surface area contributed by atoms with Crippen molar-refractivity contribution in [3.05, 3.63) is 29.8 Å². The lowest BCUT2D eigenvalue weighted by Crippen LogP contribution is -2.22. The molecule has 2 N–H and O–H groups in total. The van der Waals surface area contributed by atoms with Crippen LogP contribution < -0.4 is 10.6 Å². The Morgan fingerprint density at radius 3 is 2.26 bits per heavy atom. The zero-order valence-corrected chi connectivity index (χ0v) is 11.0. The molecule has 0 heterocycles. The van der Waals surface area contributed by atoms with E-state index in [1.54, 1.807) is 31.3 Å². The van der Waals surface area contributed by atoms with E-state index in [9.17, 15) is 9.59 Å². The van der Waals surface area contributed by atoms with Crippen LogP contribution in [-0.4, -0.2) is 18.9 Å². The summed E-state index contributed by atoms with van der Waals surface area (Å²) in [6.07, 6.45) is 3.42. The lowest BCUT2D eigenvalue weighted by atomic mass is 10.0. The highest BCUT2D eigenvalue weighted by Gasteiger charge is 2.47. The van der Waals surface area contributed by atoms with Crippen LogP contribution in [0.3, 0.4) is 0 Å². The summed E-state index contributed by atoms with van der Waals surface area (Å²) >= 11 is 0. The molecule has 2 atom stereocenters. The topological polar surface area (TPSA) is 58.2 Å². The fourth-order valence-corrected chi connectivity index (χ4v) is 3.02. The Kier molecular flexibility index (Phi) is 3.01. The summed E-state index contributed by atoms with van der Waals surface area (Å²) in [5, 5.41) is 5.51. The Labute approximate surface area is 112 Å². The van der Waals surface area contributed by atoms with Gasteiger partial charge in [-0.3, -0.25) is 9.59 Å². The van der Waals surface area contributed by atoms with Crippen molar-refractivity contribution in [3.8, 4) is 0 Å². The first kappa shape index (κ1) is 12.2. The minimum Gasteiger partial charge on any atom is -0.355 e. The number of anilines is 1. The van der Waals surface area contributed by atoms with Gasteiger partial charge in [-0.1, -0.05) is 0 Å². The molecule has 0 radical (unpaired) electrons. The first-order valence-electron chi connectivity index (χ1n) is 6.80. The molecule has 4 heteroatoms. The standard InChI is InChI=1S/C15H18N2O2/c1-16-14(18)9-2-4-13(5-3-9)17-15(19)12-7-10-6-11(10)8-12/h2-5,10-12H,6-8H2,1H3,(H,16,18)(H,17,19). The molecule has 0 saturated heterocycles. The van der Waals surface area contributed by atoms with E-state index in [-0.39, 0.29) is 17.7 Å². The van der Waals surface area contributed by atoms with Crippen molar-refractivity contribution in [3.63, 3.8) is 0 Å². The number of hydrogen-bond acceptors (Lipinski definition) is 2. The zero-order chi connectivity index (χ0) is 13.4. The van der Waals surface area contributed by atoms with Gasteiger partial charge in [-0.2, -0.15) is 0 Å². The number of benzene rings is 1. The summed E-state index contributed by atoms with van der Waals surface area (Å²) in [7, 11) is 1.60. The number of carbonyl (C=O) groups excluding carboxylic acids is 2. The van der Waals surface area contributed by atoms with Gasteiger partial charge in [0.05, 0.1) is 0 Å². The lowest BCUT2D eigenvalue weighted by Gasteiger charge is -2.12. The number of nitrogens with one attached hydrogen (secondary N) is 2. The molecule has 4 nitrogen and oxygen atoms in total. The van der Waals surface area contributed by atoms with E-state index in [2.05, 4.69) is 10.6 Å². The summed E-state index contributed by atoms with van der Waals surface area (Å²) in [6.45, 7) is 0. The summed E-state index contributed by atoms with van der Waals surface area (Å²) in [5.41, 5.74) is 1.36. The first-order chi connectivity index (χ1) is 9.17. The van der Waals surface area contributed by atoms with Gasteiger partial charge >= 0.3 is 0 Å². The Bertz CT molecular complexity index is 499. The van der Waals surface area contributed by atoms with Gasteiger partial charge in [-0.05, 0) is 55.4 Å². The van der Waals surface area contributed by atoms with Crippen molar-refractivity contribution >= 4 is 17.5 Å². The van der Waals surface area contributed by atoms with Crippen molar-refractivity contribution in [2.45, 2.75) is 19.3 Å². The highest BCUT2D eigenvalue weighted by atomic mass is 16.2. The van der Waals surface area contributed by atoms with Gasteiger partial charge in [0, 0.05) is 24.2 Å². The lowest BCUT2D eigenvalue weighted by molar-refractivity contribution is -0.120. The molecule has 2 saturated carbocycles. The third-order valence-electron chi connectivity index (χ3n) is 4.26. The average molecular weight is 258 g/mol. The van der Waals surface area contributed by atoms with Gasteiger partial charge in [-0.15, -0.1) is 0 Å². The highest BCUT2D eigenvalue weighted by molar-refractivity contribution is 5.96. The van der Waals surface area contributed by atoms with Gasteiger partial charge in [0.2, 0.25) is 5.91 Å². The van der Waals surface area contributed by atoms with Crippen LogP contribution in [-0.2, 0) is 4.79 Å². The van der Waals surface area contributed by atoms with Crippen molar-refractivity contribution < 1.29 is 9.59 Å². The second kappa shape index (κ2) is 4.68. The van der Waals surface area contributed by atoms with Crippen LogP contribution in [0.1, 0.15) is 29.6 Å². The summed E-state index contributed by atoms with van der Waals surface area (Å²) < 4.78 is 0.